The molecule has 3 nitrogen and oxygen atoms in total. The average molecular weight is 213 g/mol. The average Bonchev–Trinajstić information content (AvgIpc) is 3.03. The third kappa shape index (κ3) is 3.28. The molecule has 1 heterocycles. The first kappa shape index (κ1) is 12.7. The van der Waals surface area contributed by atoms with Crippen molar-refractivity contribution in [3.8, 4) is 0 Å². The topological polar surface area (TPSA) is 29.5 Å². The molecule has 1 aliphatic carbocycles. The van der Waals surface area contributed by atoms with Crippen molar-refractivity contribution in [2.24, 2.45) is 5.41 Å². The van der Waals surface area contributed by atoms with Crippen LogP contribution in [0.4, 0.5) is 0 Å². The molecule has 0 aromatic rings. The zero-order valence-electron chi connectivity index (χ0n) is 10.2. The molecule has 0 amide bonds. The van der Waals surface area contributed by atoms with E-state index in [1.807, 2.05) is 13.8 Å². The highest BCUT2D eigenvalue weighted by Gasteiger charge is 2.48. The molecule has 15 heavy (non-hydrogen) atoms. The maximum absolute atomic E-state index is 11.3. The number of hydrogen-bond acceptors (Lipinski definition) is 3. The Labute approximate surface area is 92.8 Å². The predicted octanol–water partition coefficient (Wildman–Crippen LogP) is 1.71. The lowest BCUT2D eigenvalue weighted by Gasteiger charge is -2.29. The van der Waals surface area contributed by atoms with Gasteiger partial charge in [0.2, 0.25) is 0 Å². The Morgan fingerprint density at radius 2 is 1.80 bits per heavy atom. The van der Waals surface area contributed by atoms with E-state index in [0.29, 0.717) is 5.78 Å². The van der Waals surface area contributed by atoms with Gasteiger partial charge in [-0.25, -0.2) is 0 Å². The van der Waals surface area contributed by atoms with E-state index in [2.05, 4.69) is 4.90 Å². The number of ketones is 1. The van der Waals surface area contributed by atoms with Crippen LogP contribution in [0, 0.1) is 5.41 Å². The Kier molecular flexibility index (Phi) is 4.74. The van der Waals surface area contributed by atoms with Crippen molar-refractivity contribution in [1.82, 2.24) is 4.90 Å². The Morgan fingerprint density at radius 1 is 1.27 bits per heavy atom. The van der Waals surface area contributed by atoms with E-state index >= 15 is 0 Å². The largest absolute Gasteiger partial charge is 0.379 e. The highest BCUT2D eigenvalue weighted by molar-refractivity contribution is 5.85. The maximum atomic E-state index is 11.3. The number of hydrogen-bond donors (Lipinski definition) is 0. The number of nitrogens with zero attached hydrogens (tertiary/aromatic N) is 1. The standard InChI is InChI=1S/C10H17NO2.C2H6/c1-9(12)10(2-3-10)8-11-4-6-13-7-5-11;1-2/h2-8H2,1H3;1-2H3. The van der Waals surface area contributed by atoms with Gasteiger partial charge in [-0.1, -0.05) is 13.8 Å². The molecule has 0 atom stereocenters. The van der Waals surface area contributed by atoms with Gasteiger partial charge in [0.1, 0.15) is 5.78 Å². The van der Waals surface area contributed by atoms with Gasteiger partial charge >= 0.3 is 0 Å². The first-order valence-corrected chi connectivity index (χ1v) is 6.04. The fourth-order valence-electron chi connectivity index (χ4n) is 1.96. The molecule has 0 unspecified atom stereocenters. The van der Waals surface area contributed by atoms with Gasteiger partial charge in [-0.05, 0) is 19.8 Å². The summed E-state index contributed by atoms with van der Waals surface area (Å²) in [7, 11) is 0. The van der Waals surface area contributed by atoms with Crippen molar-refractivity contribution in [2.75, 3.05) is 32.8 Å². The Hall–Kier alpha value is -0.410. The minimum atomic E-state index is 0.0390. The molecule has 0 aromatic heterocycles. The SMILES string of the molecule is CC.CC(=O)C1(CN2CCOCC2)CC1. The van der Waals surface area contributed by atoms with E-state index in [1.54, 1.807) is 6.92 Å². The van der Waals surface area contributed by atoms with Gasteiger partial charge in [-0.15, -0.1) is 0 Å². The summed E-state index contributed by atoms with van der Waals surface area (Å²) in [6.07, 6.45) is 2.19. The van der Waals surface area contributed by atoms with Gasteiger partial charge in [0.25, 0.3) is 0 Å². The summed E-state index contributed by atoms with van der Waals surface area (Å²) in [6.45, 7) is 10.3. The molecule has 0 bridgehead atoms. The van der Waals surface area contributed by atoms with Gasteiger partial charge in [0.15, 0.2) is 0 Å². The third-order valence-corrected chi connectivity index (χ3v) is 3.23. The molecule has 0 spiro atoms. The fraction of sp³-hybridized carbons (Fsp3) is 0.917. The molecule has 2 aliphatic rings. The zero-order valence-corrected chi connectivity index (χ0v) is 10.2. The second-order valence-corrected chi connectivity index (χ2v) is 4.23. The summed E-state index contributed by atoms with van der Waals surface area (Å²) in [5, 5.41) is 0. The lowest BCUT2D eigenvalue weighted by molar-refractivity contribution is -0.123. The highest BCUT2D eigenvalue weighted by Crippen LogP contribution is 2.47. The predicted molar refractivity (Wildman–Crippen MR) is 61.0 cm³/mol. The number of rotatable bonds is 3. The third-order valence-electron chi connectivity index (χ3n) is 3.23. The molecule has 0 radical (unpaired) electrons. The van der Waals surface area contributed by atoms with E-state index in [9.17, 15) is 4.79 Å². The maximum Gasteiger partial charge on any atom is 0.137 e. The molecular formula is C12H23NO2. The van der Waals surface area contributed by atoms with Crippen LogP contribution in [0.3, 0.4) is 0 Å². The van der Waals surface area contributed by atoms with Crippen LogP contribution < -0.4 is 0 Å². The summed E-state index contributed by atoms with van der Waals surface area (Å²) < 4.78 is 5.27. The summed E-state index contributed by atoms with van der Waals surface area (Å²) in [5.41, 5.74) is 0.0390. The van der Waals surface area contributed by atoms with Crippen LogP contribution in [-0.4, -0.2) is 43.5 Å². The number of carbonyl (C=O) groups excluding carboxylic acids is 1. The fourth-order valence-corrected chi connectivity index (χ4v) is 1.96. The Morgan fingerprint density at radius 3 is 2.20 bits per heavy atom. The number of carbonyl (C=O) groups is 1. The number of Topliss-reactive ketones (excluding diaryl/α,β-unsaturated/α-hetero) is 1. The first-order chi connectivity index (χ1) is 7.23. The molecule has 3 heteroatoms. The molecule has 0 N–H and O–H groups in total. The van der Waals surface area contributed by atoms with Crippen LogP contribution in [0.1, 0.15) is 33.6 Å². The quantitative estimate of drug-likeness (QED) is 0.715. The molecule has 0 aromatic carbocycles. The van der Waals surface area contributed by atoms with Gasteiger partial charge in [0.05, 0.1) is 13.2 Å². The van der Waals surface area contributed by atoms with Crippen LogP contribution in [0.2, 0.25) is 0 Å². The van der Waals surface area contributed by atoms with E-state index in [0.717, 1.165) is 45.7 Å². The number of ether oxygens (including phenoxy) is 1. The van der Waals surface area contributed by atoms with Crippen molar-refractivity contribution in [1.29, 1.82) is 0 Å². The van der Waals surface area contributed by atoms with E-state index < -0.39 is 0 Å². The van der Waals surface area contributed by atoms with Crippen LogP contribution >= 0.6 is 0 Å². The van der Waals surface area contributed by atoms with E-state index in [1.165, 1.54) is 0 Å². The number of morpholine rings is 1. The summed E-state index contributed by atoms with van der Waals surface area (Å²) in [6, 6.07) is 0. The van der Waals surface area contributed by atoms with Gasteiger partial charge < -0.3 is 4.74 Å². The summed E-state index contributed by atoms with van der Waals surface area (Å²) in [5.74, 6) is 0.374. The van der Waals surface area contributed by atoms with Crippen LogP contribution in [0.15, 0.2) is 0 Å². The molecule has 1 aliphatic heterocycles. The van der Waals surface area contributed by atoms with Crippen molar-refractivity contribution in [2.45, 2.75) is 33.6 Å². The highest BCUT2D eigenvalue weighted by atomic mass is 16.5. The zero-order chi connectivity index (χ0) is 11.3. The smallest absolute Gasteiger partial charge is 0.137 e. The monoisotopic (exact) mass is 213 g/mol. The van der Waals surface area contributed by atoms with E-state index in [-0.39, 0.29) is 5.41 Å². The van der Waals surface area contributed by atoms with Crippen molar-refractivity contribution < 1.29 is 9.53 Å². The van der Waals surface area contributed by atoms with Gasteiger partial charge in [-0.2, -0.15) is 0 Å². The first-order valence-electron chi connectivity index (χ1n) is 6.04. The Balaban J connectivity index is 0.000000531. The lowest BCUT2D eigenvalue weighted by Crippen LogP contribution is -2.41. The summed E-state index contributed by atoms with van der Waals surface area (Å²) >= 11 is 0. The minimum absolute atomic E-state index is 0.0390. The molecule has 1 saturated carbocycles. The second kappa shape index (κ2) is 5.61. The van der Waals surface area contributed by atoms with Crippen molar-refractivity contribution in [3.05, 3.63) is 0 Å². The molecule has 2 fully saturated rings. The molecule has 88 valence electrons. The molecule has 1 saturated heterocycles. The normalized spacial score (nSPS) is 23.9. The van der Waals surface area contributed by atoms with Gasteiger partial charge in [-0.3, -0.25) is 9.69 Å². The second-order valence-electron chi connectivity index (χ2n) is 4.23. The lowest BCUT2D eigenvalue weighted by atomic mass is 10.0. The van der Waals surface area contributed by atoms with Crippen LogP contribution in [0.25, 0.3) is 0 Å². The van der Waals surface area contributed by atoms with E-state index in [4.69, 9.17) is 4.74 Å². The van der Waals surface area contributed by atoms with Crippen LogP contribution in [0.5, 0.6) is 0 Å². The van der Waals surface area contributed by atoms with Crippen molar-refractivity contribution in [3.63, 3.8) is 0 Å². The molecule has 2 rings (SSSR count). The van der Waals surface area contributed by atoms with Crippen molar-refractivity contribution >= 4 is 5.78 Å². The van der Waals surface area contributed by atoms with Crippen LogP contribution in [-0.2, 0) is 9.53 Å². The summed E-state index contributed by atoms with van der Waals surface area (Å²) in [4.78, 5) is 13.7. The molecular weight excluding hydrogens is 190 g/mol. The minimum Gasteiger partial charge on any atom is -0.379 e. The van der Waals surface area contributed by atoms with Gasteiger partial charge in [0, 0.05) is 25.0 Å². The Bertz CT molecular complexity index is 206.